The predicted molar refractivity (Wildman–Crippen MR) is 105 cm³/mol. The van der Waals surface area contributed by atoms with Crippen LogP contribution in [0.15, 0.2) is 34.8 Å². The molecule has 0 fully saturated rings. The Bertz CT molecular complexity index is 882. The molecular weight excluding hydrogens is 412 g/mol. The molecule has 142 valence electrons. The first-order valence-corrected chi connectivity index (χ1v) is 9.58. The van der Waals surface area contributed by atoms with Gasteiger partial charge in [-0.3, -0.25) is 0 Å². The third-order valence-electron chi connectivity index (χ3n) is 4.40. The standard InChI is InChI=1S/C20H21BrN2O4/c1-12(2)11-27-20(26)18-16(21)6-7-17(22-18)23-9-8-13-4-3-5-14(19(24)25)15(13)10-23/h3-7,12H,8-11H2,1-2H3,(H,24,25). The Morgan fingerprint density at radius 1 is 1.30 bits per heavy atom. The first kappa shape index (κ1) is 19.4. The van der Waals surface area contributed by atoms with Crippen LogP contribution in [0.25, 0.3) is 0 Å². The maximum atomic E-state index is 12.3. The average molecular weight is 433 g/mol. The van der Waals surface area contributed by atoms with Crippen molar-refractivity contribution in [2.24, 2.45) is 5.92 Å². The minimum Gasteiger partial charge on any atom is -0.478 e. The number of carboxylic acid groups (broad SMARTS) is 1. The summed E-state index contributed by atoms with van der Waals surface area (Å²) >= 11 is 3.36. The highest BCUT2D eigenvalue weighted by atomic mass is 79.9. The lowest BCUT2D eigenvalue weighted by Crippen LogP contribution is -2.32. The summed E-state index contributed by atoms with van der Waals surface area (Å²) in [5, 5.41) is 9.45. The highest BCUT2D eigenvalue weighted by Crippen LogP contribution is 2.28. The number of fused-ring (bicyclic) bond motifs is 1. The van der Waals surface area contributed by atoms with Gasteiger partial charge in [0.2, 0.25) is 0 Å². The number of anilines is 1. The van der Waals surface area contributed by atoms with Gasteiger partial charge in [0.05, 0.1) is 16.6 Å². The van der Waals surface area contributed by atoms with Crippen LogP contribution in [0.2, 0.25) is 0 Å². The molecule has 0 radical (unpaired) electrons. The third-order valence-corrected chi connectivity index (χ3v) is 5.04. The number of carbonyl (C=O) groups excluding carboxylic acids is 1. The minimum absolute atomic E-state index is 0.227. The van der Waals surface area contributed by atoms with E-state index >= 15 is 0 Å². The van der Waals surface area contributed by atoms with Crippen molar-refractivity contribution >= 4 is 33.7 Å². The number of carboxylic acids is 1. The van der Waals surface area contributed by atoms with Crippen molar-refractivity contribution in [3.05, 3.63) is 57.2 Å². The van der Waals surface area contributed by atoms with Gasteiger partial charge in [0.15, 0.2) is 5.69 Å². The summed E-state index contributed by atoms with van der Waals surface area (Å²) in [5.41, 5.74) is 2.38. The molecule has 1 aliphatic rings. The van der Waals surface area contributed by atoms with E-state index in [1.807, 2.05) is 30.9 Å². The molecular formula is C20H21BrN2O4. The van der Waals surface area contributed by atoms with Gasteiger partial charge in [-0.25, -0.2) is 14.6 Å². The summed E-state index contributed by atoms with van der Waals surface area (Å²) in [4.78, 5) is 30.3. The maximum Gasteiger partial charge on any atom is 0.358 e. The van der Waals surface area contributed by atoms with Crippen molar-refractivity contribution < 1.29 is 19.4 Å². The van der Waals surface area contributed by atoms with Gasteiger partial charge < -0.3 is 14.7 Å². The Hall–Kier alpha value is -2.41. The molecule has 0 saturated heterocycles. The normalized spacial score (nSPS) is 13.4. The fraction of sp³-hybridized carbons (Fsp3) is 0.350. The highest BCUT2D eigenvalue weighted by Gasteiger charge is 2.24. The molecule has 1 N–H and O–H groups in total. The van der Waals surface area contributed by atoms with Gasteiger partial charge in [-0.05, 0) is 57.6 Å². The van der Waals surface area contributed by atoms with Crippen molar-refractivity contribution in [3.63, 3.8) is 0 Å². The monoisotopic (exact) mass is 432 g/mol. The molecule has 2 heterocycles. The molecule has 1 aromatic carbocycles. The summed E-state index contributed by atoms with van der Waals surface area (Å²) in [5.74, 6) is -0.541. The Kier molecular flexibility index (Phi) is 5.79. The van der Waals surface area contributed by atoms with Gasteiger partial charge >= 0.3 is 11.9 Å². The van der Waals surface area contributed by atoms with E-state index in [0.29, 0.717) is 35.6 Å². The molecule has 0 spiro atoms. The van der Waals surface area contributed by atoms with Gasteiger partial charge in [0, 0.05) is 13.1 Å². The van der Waals surface area contributed by atoms with Gasteiger partial charge in [-0.15, -0.1) is 0 Å². The lowest BCUT2D eigenvalue weighted by Gasteiger charge is -2.31. The highest BCUT2D eigenvalue weighted by molar-refractivity contribution is 9.10. The van der Waals surface area contributed by atoms with E-state index in [4.69, 9.17) is 4.74 Å². The second kappa shape index (κ2) is 8.08. The molecule has 0 aliphatic carbocycles. The van der Waals surface area contributed by atoms with E-state index in [1.54, 1.807) is 18.2 Å². The second-order valence-electron chi connectivity index (χ2n) is 6.91. The molecule has 0 unspecified atom stereocenters. The molecule has 0 amide bonds. The van der Waals surface area contributed by atoms with Gasteiger partial charge in [-0.1, -0.05) is 26.0 Å². The molecule has 2 aromatic rings. The van der Waals surface area contributed by atoms with Crippen LogP contribution < -0.4 is 4.90 Å². The number of hydrogen-bond acceptors (Lipinski definition) is 5. The average Bonchev–Trinajstić information content (AvgIpc) is 2.65. The van der Waals surface area contributed by atoms with Crippen LogP contribution in [0.4, 0.5) is 5.82 Å². The van der Waals surface area contributed by atoms with Crippen molar-refractivity contribution in [1.82, 2.24) is 4.98 Å². The fourth-order valence-electron chi connectivity index (χ4n) is 3.04. The number of aromatic carboxylic acids is 1. The summed E-state index contributed by atoms with van der Waals surface area (Å²) in [6.07, 6.45) is 0.724. The van der Waals surface area contributed by atoms with E-state index in [-0.39, 0.29) is 11.6 Å². The molecule has 0 atom stereocenters. The second-order valence-corrected chi connectivity index (χ2v) is 7.77. The number of hydrogen-bond donors (Lipinski definition) is 1. The number of ether oxygens (including phenoxy) is 1. The Morgan fingerprint density at radius 2 is 2.07 bits per heavy atom. The Labute approximate surface area is 166 Å². The number of esters is 1. The molecule has 1 aliphatic heterocycles. The number of aromatic nitrogens is 1. The minimum atomic E-state index is -0.935. The maximum absolute atomic E-state index is 12.3. The lowest BCUT2D eigenvalue weighted by molar-refractivity contribution is 0.0450. The fourth-order valence-corrected chi connectivity index (χ4v) is 3.42. The topological polar surface area (TPSA) is 79.7 Å². The van der Waals surface area contributed by atoms with E-state index in [9.17, 15) is 14.7 Å². The van der Waals surface area contributed by atoms with Crippen molar-refractivity contribution in [1.29, 1.82) is 0 Å². The van der Waals surface area contributed by atoms with Crippen LogP contribution in [0.5, 0.6) is 0 Å². The van der Waals surface area contributed by atoms with Gasteiger partial charge in [0.25, 0.3) is 0 Å². The zero-order chi connectivity index (χ0) is 19.6. The molecule has 7 heteroatoms. The number of rotatable bonds is 5. The zero-order valence-corrected chi connectivity index (χ0v) is 16.8. The van der Waals surface area contributed by atoms with Crippen LogP contribution in [0, 0.1) is 5.92 Å². The quantitative estimate of drug-likeness (QED) is 0.721. The van der Waals surface area contributed by atoms with E-state index in [2.05, 4.69) is 20.9 Å². The molecule has 27 heavy (non-hydrogen) atoms. The van der Waals surface area contributed by atoms with Crippen LogP contribution >= 0.6 is 15.9 Å². The summed E-state index contributed by atoms with van der Waals surface area (Å²) in [6, 6.07) is 8.94. The largest absolute Gasteiger partial charge is 0.478 e. The number of halogens is 1. The smallest absolute Gasteiger partial charge is 0.358 e. The van der Waals surface area contributed by atoms with E-state index in [1.165, 1.54) is 0 Å². The van der Waals surface area contributed by atoms with E-state index in [0.717, 1.165) is 17.5 Å². The first-order valence-electron chi connectivity index (χ1n) is 8.79. The van der Waals surface area contributed by atoms with Crippen LogP contribution in [-0.2, 0) is 17.7 Å². The third kappa shape index (κ3) is 4.30. The predicted octanol–water partition coefficient (Wildman–Crippen LogP) is 3.92. The molecule has 0 bridgehead atoms. The number of benzene rings is 1. The summed E-state index contributed by atoms with van der Waals surface area (Å²) in [7, 11) is 0. The molecule has 6 nitrogen and oxygen atoms in total. The van der Waals surface area contributed by atoms with Gasteiger partial charge in [-0.2, -0.15) is 0 Å². The molecule has 3 rings (SSSR count). The van der Waals surface area contributed by atoms with Crippen LogP contribution in [-0.4, -0.2) is 35.2 Å². The molecule has 0 saturated carbocycles. The van der Waals surface area contributed by atoms with Crippen molar-refractivity contribution in [3.8, 4) is 0 Å². The number of carbonyl (C=O) groups is 2. The number of pyridine rings is 1. The summed E-state index contributed by atoms with van der Waals surface area (Å²) < 4.78 is 5.86. The Balaban J connectivity index is 1.87. The Morgan fingerprint density at radius 3 is 2.78 bits per heavy atom. The van der Waals surface area contributed by atoms with E-state index < -0.39 is 11.9 Å². The van der Waals surface area contributed by atoms with Crippen LogP contribution in [0.1, 0.15) is 45.8 Å². The van der Waals surface area contributed by atoms with Gasteiger partial charge in [0.1, 0.15) is 5.82 Å². The number of nitrogens with zero attached hydrogens (tertiary/aromatic N) is 2. The summed E-state index contributed by atoms with van der Waals surface area (Å²) in [6.45, 7) is 5.41. The SMILES string of the molecule is CC(C)COC(=O)c1nc(N2CCc3cccc(C(=O)O)c3C2)ccc1Br. The molecule has 1 aromatic heterocycles. The first-order chi connectivity index (χ1) is 12.9. The lowest BCUT2D eigenvalue weighted by atomic mass is 9.95. The van der Waals surface area contributed by atoms with Crippen molar-refractivity contribution in [2.45, 2.75) is 26.8 Å². The van der Waals surface area contributed by atoms with Crippen molar-refractivity contribution in [2.75, 3.05) is 18.1 Å². The van der Waals surface area contributed by atoms with Crippen LogP contribution in [0.3, 0.4) is 0 Å². The zero-order valence-electron chi connectivity index (χ0n) is 15.2.